The summed E-state index contributed by atoms with van der Waals surface area (Å²) in [5.74, 6) is 1.67. The number of nitrogens with one attached hydrogen (secondary N) is 1. The normalized spacial score (nSPS) is 21.3. The highest BCUT2D eigenvalue weighted by molar-refractivity contribution is 5.34. The molecule has 3 heteroatoms. The van der Waals surface area contributed by atoms with Gasteiger partial charge in [0.05, 0.1) is 5.69 Å². The van der Waals surface area contributed by atoms with Crippen LogP contribution in [-0.4, -0.2) is 16.1 Å². The lowest BCUT2D eigenvalue weighted by Crippen LogP contribution is -2.13. The van der Waals surface area contributed by atoms with Gasteiger partial charge in [0.25, 0.3) is 0 Å². The average Bonchev–Trinajstić information content (AvgIpc) is 2.53. The van der Waals surface area contributed by atoms with E-state index < -0.39 is 0 Å². The molecular weight excluding hydrogens is 222 g/mol. The SMILES string of the molecule is Cc1cn(C2C(C)(C)C2(C)C)c(NCC(C)C)n1. The molecule has 1 fully saturated rings. The molecule has 1 aliphatic rings. The van der Waals surface area contributed by atoms with Gasteiger partial charge >= 0.3 is 0 Å². The van der Waals surface area contributed by atoms with Gasteiger partial charge in [0, 0.05) is 18.8 Å². The number of hydrogen-bond acceptors (Lipinski definition) is 2. The molecule has 1 N–H and O–H groups in total. The van der Waals surface area contributed by atoms with Crippen molar-refractivity contribution < 1.29 is 0 Å². The molecule has 1 aliphatic carbocycles. The quantitative estimate of drug-likeness (QED) is 0.878. The first-order chi connectivity index (χ1) is 8.18. The number of anilines is 1. The van der Waals surface area contributed by atoms with Crippen molar-refractivity contribution in [2.24, 2.45) is 16.7 Å². The molecule has 3 nitrogen and oxygen atoms in total. The Balaban J connectivity index is 2.24. The topological polar surface area (TPSA) is 29.9 Å². The molecule has 0 aromatic carbocycles. The Morgan fingerprint density at radius 1 is 1.28 bits per heavy atom. The maximum Gasteiger partial charge on any atom is 0.203 e. The lowest BCUT2D eigenvalue weighted by Gasteiger charge is -2.12. The molecule has 0 aliphatic heterocycles. The van der Waals surface area contributed by atoms with E-state index >= 15 is 0 Å². The molecule has 0 bridgehead atoms. The zero-order valence-corrected chi connectivity index (χ0v) is 12.8. The second-order valence-electron chi connectivity index (χ2n) is 7.23. The summed E-state index contributed by atoms with van der Waals surface area (Å²) in [7, 11) is 0. The van der Waals surface area contributed by atoms with Crippen molar-refractivity contribution in [1.29, 1.82) is 0 Å². The van der Waals surface area contributed by atoms with Crippen molar-refractivity contribution in [3.8, 4) is 0 Å². The maximum absolute atomic E-state index is 4.63. The molecule has 0 amide bonds. The predicted octanol–water partition coefficient (Wildman–Crippen LogP) is 3.87. The third-order valence-corrected chi connectivity index (χ3v) is 4.74. The number of nitrogens with zero attached hydrogens (tertiary/aromatic N) is 2. The molecule has 0 unspecified atom stereocenters. The molecule has 18 heavy (non-hydrogen) atoms. The molecular formula is C15H27N3. The van der Waals surface area contributed by atoms with E-state index in [1.807, 2.05) is 0 Å². The minimum atomic E-state index is 0.342. The lowest BCUT2D eigenvalue weighted by atomic mass is 10.0. The first kappa shape index (κ1) is 13.4. The van der Waals surface area contributed by atoms with E-state index in [9.17, 15) is 0 Å². The molecule has 0 atom stereocenters. The Labute approximate surface area is 111 Å². The number of imidazole rings is 1. The summed E-state index contributed by atoms with van der Waals surface area (Å²) in [4.78, 5) is 4.63. The third-order valence-electron chi connectivity index (χ3n) is 4.74. The van der Waals surface area contributed by atoms with Gasteiger partial charge < -0.3 is 9.88 Å². The first-order valence-electron chi connectivity index (χ1n) is 6.97. The van der Waals surface area contributed by atoms with Crippen LogP contribution < -0.4 is 5.32 Å². The molecule has 102 valence electrons. The summed E-state index contributed by atoms with van der Waals surface area (Å²) < 4.78 is 2.34. The van der Waals surface area contributed by atoms with Gasteiger partial charge in [0.1, 0.15) is 0 Å². The zero-order valence-electron chi connectivity index (χ0n) is 12.8. The third kappa shape index (κ3) is 1.94. The van der Waals surface area contributed by atoms with Crippen molar-refractivity contribution in [1.82, 2.24) is 9.55 Å². The molecule has 1 saturated carbocycles. The Bertz CT molecular complexity index is 427. The summed E-state index contributed by atoms with van der Waals surface area (Å²) in [6, 6.07) is 0.542. The van der Waals surface area contributed by atoms with Crippen LogP contribution in [0, 0.1) is 23.7 Å². The van der Waals surface area contributed by atoms with Gasteiger partial charge in [0.15, 0.2) is 0 Å². The van der Waals surface area contributed by atoms with E-state index in [0.29, 0.717) is 22.8 Å². The summed E-state index contributed by atoms with van der Waals surface area (Å²) in [6.07, 6.45) is 2.18. The fraction of sp³-hybridized carbons (Fsp3) is 0.800. The highest BCUT2D eigenvalue weighted by Gasteiger charge is 2.66. The molecule has 2 rings (SSSR count). The van der Waals surface area contributed by atoms with E-state index in [1.54, 1.807) is 0 Å². The Hall–Kier alpha value is -0.990. The van der Waals surface area contributed by atoms with Crippen LogP contribution in [-0.2, 0) is 0 Å². The van der Waals surface area contributed by atoms with E-state index in [1.165, 1.54) is 0 Å². The summed E-state index contributed by atoms with van der Waals surface area (Å²) >= 11 is 0. The van der Waals surface area contributed by atoms with E-state index in [0.717, 1.165) is 18.2 Å². The lowest BCUT2D eigenvalue weighted by molar-refractivity contribution is 0.457. The number of aromatic nitrogens is 2. The van der Waals surface area contributed by atoms with Gasteiger partial charge in [-0.3, -0.25) is 0 Å². The van der Waals surface area contributed by atoms with Gasteiger partial charge in [-0.1, -0.05) is 41.5 Å². The van der Waals surface area contributed by atoms with Crippen molar-refractivity contribution in [2.45, 2.75) is 54.5 Å². The van der Waals surface area contributed by atoms with Gasteiger partial charge in [0.2, 0.25) is 5.95 Å². The highest BCUT2D eigenvalue weighted by Crippen LogP contribution is 2.71. The number of aryl methyl sites for hydroxylation is 1. The van der Waals surface area contributed by atoms with Gasteiger partial charge in [-0.05, 0) is 23.7 Å². The minimum absolute atomic E-state index is 0.342. The standard InChI is InChI=1S/C15H27N3/c1-10(2)8-16-13-17-11(3)9-18(13)12-14(4,5)15(12,6)7/h9-10,12H,8H2,1-7H3,(H,16,17). The summed E-state index contributed by atoms with van der Waals surface area (Å²) in [5, 5.41) is 3.48. The Morgan fingerprint density at radius 2 is 1.83 bits per heavy atom. The van der Waals surface area contributed by atoms with Crippen LogP contribution in [0.4, 0.5) is 5.95 Å². The molecule has 0 radical (unpaired) electrons. The van der Waals surface area contributed by atoms with E-state index in [2.05, 4.69) is 69.5 Å². The van der Waals surface area contributed by atoms with E-state index in [4.69, 9.17) is 0 Å². The van der Waals surface area contributed by atoms with Crippen molar-refractivity contribution in [3.05, 3.63) is 11.9 Å². The highest BCUT2D eigenvalue weighted by atomic mass is 15.3. The summed E-state index contributed by atoms with van der Waals surface area (Å²) in [5.41, 5.74) is 1.78. The van der Waals surface area contributed by atoms with Crippen molar-refractivity contribution in [3.63, 3.8) is 0 Å². The van der Waals surface area contributed by atoms with Gasteiger partial charge in [-0.15, -0.1) is 0 Å². The maximum atomic E-state index is 4.63. The fourth-order valence-electron chi connectivity index (χ4n) is 3.00. The van der Waals surface area contributed by atoms with Crippen LogP contribution in [0.3, 0.4) is 0 Å². The first-order valence-corrected chi connectivity index (χ1v) is 6.97. The van der Waals surface area contributed by atoms with Crippen molar-refractivity contribution in [2.75, 3.05) is 11.9 Å². The molecule has 1 heterocycles. The van der Waals surface area contributed by atoms with E-state index in [-0.39, 0.29) is 0 Å². The Kier molecular flexibility index (Phi) is 2.99. The molecule has 1 aromatic rings. The smallest absolute Gasteiger partial charge is 0.203 e. The monoisotopic (exact) mass is 249 g/mol. The second kappa shape index (κ2) is 4.01. The molecule has 1 aromatic heterocycles. The minimum Gasteiger partial charge on any atom is -0.355 e. The Morgan fingerprint density at radius 3 is 2.28 bits per heavy atom. The zero-order chi connectivity index (χ0) is 13.7. The number of hydrogen-bond donors (Lipinski definition) is 1. The average molecular weight is 249 g/mol. The molecule has 0 spiro atoms. The molecule has 0 saturated heterocycles. The largest absolute Gasteiger partial charge is 0.355 e. The van der Waals surface area contributed by atoms with Crippen LogP contribution in [0.5, 0.6) is 0 Å². The van der Waals surface area contributed by atoms with Gasteiger partial charge in [-0.2, -0.15) is 0 Å². The van der Waals surface area contributed by atoms with Crippen LogP contribution in [0.25, 0.3) is 0 Å². The van der Waals surface area contributed by atoms with Crippen LogP contribution >= 0.6 is 0 Å². The van der Waals surface area contributed by atoms with Crippen LogP contribution in [0.15, 0.2) is 6.20 Å². The van der Waals surface area contributed by atoms with Crippen LogP contribution in [0.2, 0.25) is 0 Å². The number of rotatable bonds is 4. The fourth-order valence-corrected chi connectivity index (χ4v) is 3.00. The van der Waals surface area contributed by atoms with Crippen LogP contribution in [0.1, 0.15) is 53.3 Å². The predicted molar refractivity (Wildman–Crippen MR) is 76.9 cm³/mol. The van der Waals surface area contributed by atoms with Gasteiger partial charge in [-0.25, -0.2) is 4.98 Å². The summed E-state index contributed by atoms with van der Waals surface area (Å²) in [6.45, 7) is 16.9. The van der Waals surface area contributed by atoms with Crippen molar-refractivity contribution >= 4 is 5.95 Å². The second-order valence-corrected chi connectivity index (χ2v) is 7.23.